The highest BCUT2D eigenvalue weighted by molar-refractivity contribution is 7.99. The van der Waals surface area contributed by atoms with E-state index in [4.69, 9.17) is 24.1 Å². The molecule has 0 spiro atoms. The molecule has 3 aromatic rings. The molecule has 2 aliphatic heterocycles. The van der Waals surface area contributed by atoms with E-state index in [0.29, 0.717) is 12.6 Å². The molecule has 2 saturated heterocycles. The van der Waals surface area contributed by atoms with Crippen LogP contribution in [-0.4, -0.2) is 109 Å². The summed E-state index contributed by atoms with van der Waals surface area (Å²) in [6, 6.07) is 16.1. The molecule has 14 heteroatoms. The van der Waals surface area contributed by atoms with Crippen molar-refractivity contribution in [3.05, 3.63) is 48.5 Å². The Balaban J connectivity index is 0.000000230. The van der Waals surface area contributed by atoms with Crippen molar-refractivity contribution in [2.45, 2.75) is 66.6 Å². The molecule has 0 saturated carbocycles. The van der Waals surface area contributed by atoms with Crippen LogP contribution >= 0.6 is 24.2 Å². The van der Waals surface area contributed by atoms with Gasteiger partial charge in [0.25, 0.3) is 0 Å². The summed E-state index contributed by atoms with van der Waals surface area (Å²) in [5.74, 6) is -0.353. The number of ether oxygens (including phenoxy) is 5. The quantitative estimate of drug-likeness (QED) is 0.239. The number of rotatable bonds is 10. The van der Waals surface area contributed by atoms with Crippen molar-refractivity contribution in [2.75, 3.05) is 46.3 Å². The number of hydrogen-bond donors (Lipinski definition) is 4. The van der Waals surface area contributed by atoms with Crippen LogP contribution < -0.4 is 5.32 Å². The first kappa shape index (κ1) is 35.0. The highest BCUT2D eigenvalue weighted by atomic mass is 35.5. The summed E-state index contributed by atoms with van der Waals surface area (Å²) in [7, 11) is 5.32. The standard InChI is InChI=1S/C15H13N3O2S.C14H27NO6.ClH/c1-20-15(19)18-14-16-12-8-7-11(9-13(12)17-14)21-10-5-3-2-4-6-10;1-14(2)20-12-11(18-7-5-6-15(3)4)10(9(17)8-16)19-13(12)21-14;/h2-9H,1H3,(H2,16,17,18,19);9-13,16-17H,5-8H2,1-4H3;1H. The monoisotopic (exact) mass is 640 g/mol. The molecule has 4 N–H and O–H groups in total. The zero-order chi connectivity index (χ0) is 30.3. The summed E-state index contributed by atoms with van der Waals surface area (Å²) in [4.78, 5) is 22.8. The number of methoxy groups -OCH3 is 1. The van der Waals surface area contributed by atoms with E-state index in [2.05, 4.69) is 37.1 Å². The molecule has 238 valence electrons. The second kappa shape index (κ2) is 16.0. The minimum absolute atomic E-state index is 0. The summed E-state index contributed by atoms with van der Waals surface area (Å²) in [6.45, 7) is 4.70. The number of aromatic nitrogens is 2. The van der Waals surface area contributed by atoms with Gasteiger partial charge in [-0.1, -0.05) is 30.0 Å². The van der Waals surface area contributed by atoms with Gasteiger partial charge in [-0.05, 0) is 71.2 Å². The first-order valence-electron chi connectivity index (χ1n) is 13.7. The lowest BCUT2D eigenvalue weighted by Crippen LogP contribution is -2.44. The van der Waals surface area contributed by atoms with Gasteiger partial charge in [-0.15, -0.1) is 12.4 Å². The second-order valence-corrected chi connectivity index (χ2v) is 11.8. The Hall–Kier alpha value is -2.46. The van der Waals surface area contributed by atoms with Gasteiger partial charge < -0.3 is 43.8 Å². The van der Waals surface area contributed by atoms with E-state index in [1.54, 1.807) is 11.8 Å². The van der Waals surface area contributed by atoms with Crippen LogP contribution in [0, 0.1) is 0 Å². The van der Waals surface area contributed by atoms with E-state index in [9.17, 15) is 9.90 Å². The fourth-order valence-electron chi connectivity index (χ4n) is 4.59. The number of hydrogen-bond acceptors (Lipinski definition) is 11. The Labute approximate surface area is 261 Å². The van der Waals surface area contributed by atoms with Crippen molar-refractivity contribution < 1.29 is 38.7 Å². The zero-order valence-electron chi connectivity index (χ0n) is 24.9. The van der Waals surface area contributed by atoms with Crippen LogP contribution in [0.1, 0.15) is 20.3 Å². The van der Waals surface area contributed by atoms with Crippen LogP contribution in [0.2, 0.25) is 0 Å². The van der Waals surface area contributed by atoms with E-state index in [1.807, 2.05) is 64.3 Å². The molecule has 0 aliphatic carbocycles. The highest BCUT2D eigenvalue weighted by Gasteiger charge is 2.56. The summed E-state index contributed by atoms with van der Waals surface area (Å²) in [6.07, 6.45) is -2.72. The van der Waals surface area contributed by atoms with E-state index >= 15 is 0 Å². The molecular weight excluding hydrogens is 600 g/mol. The Morgan fingerprint density at radius 3 is 2.60 bits per heavy atom. The van der Waals surface area contributed by atoms with Gasteiger partial charge in [0.2, 0.25) is 5.95 Å². The van der Waals surface area contributed by atoms with Gasteiger partial charge in [0, 0.05) is 16.4 Å². The van der Waals surface area contributed by atoms with E-state index in [0.717, 1.165) is 28.9 Å². The van der Waals surface area contributed by atoms with E-state index < -0.39 is 36.5 Å². The number of benzene rings is 2. The zero-order valence-corrected chi connectivity index (χ0v) is 26.5. The second-order valence-electron chi connectivity index (χ2n) is 10.6. The molecule has 0 bridgehead atoms. The lowest BCUT2D eigenvalue weighted by Gasteiger charge is -2.28. The minimum Gasteiger partial charge on any atom is -0.453 e. The Morgan fingerprint density at radius 2 is 1.93 bits per heavy atom. The van der Waals surface area contributed by atoms with Crippen LogP contribution in [0.3, 0.4) is 0 Å². The van der Waals surface area contributed by atoms with Crippen molar-refractivity contribution in [3.8, 4) is 0 Å². The fourth-order valence-corrected chi connectivity index (χ4v) is 5.47. The normalized spacial score (nSPS) is 22.8. The first-order chi connectivity index (χ1) is 20.1. The predicted octanol–water partition coefficient (Wildman–Crippen LogP) is 3.87. The van der Waals surface area contributed by atoms with Crippen LogP contribution in [0.5, 0.6) is 0 Å². The molecular formula is C29H41ClN4O8S. The number of imidazole rings is 1. The number of aromatic amines is 1. The van der Waals surface area contributed by atoms with Crippen molar-refractivity contribution in [2.24, 2.45) is 0 Å². The molecule has 43 heavy (non-hydrogen) atoms. The average molecular weight is 641 g/mol. The van der Waals surface area contributed by atoms with Crippen LogP contribution in [0.4, 0.5) is 10.7 Å². The number of aliphatic hydroxyl groups excluding tert-OH is 2. The first-order valence-corrected chi connectivity index (χ1v) is 14.5. The van der Waals surface area contributed by atoms with Gasteiger partial charge in [0.15, 0.2) is 12.1 Å². The predicted molar refractivity (Wildman–Crippen MR) is 165 cm³/mol. The van der Waals surface area contributed by atoms with Gasteiger partial charge in [0.1, 0.15) is 24.4 Å². The summed E-state index contributed by atoms with van der Waals surface area (Å²) in [5.41, 5.74) is 1.65. The van der Waals surface area contributed by atoms with Gasteiger partial charge in [-0.25, -0.2) is 9.78 Å². The van der Waals surface area contributed by atoms with Gasteiger partial charge in [-0.3, -0.25) is 5.32 Å². The number of carbonyl (C=O) groups excluding carboxylic acids is 1. The largest absolute Gasteiger partial charge is 0.453 e. The lowest BCUT2D eigenvalue weighted by molar-refractivity contribution is -0.231. The number of nitrogens with one attached hydrogen (secondary N) is 2. The Morgan fingerprint density at radius 1 is 1.19 bits per heavy atom. The van der Waals surface area contributed by atoms with Crippen molar-refractivity contribution in [1.29, 1.82) is 0 Å². The third kappa shape index (κ3) is 9.76. The third-order valence-corrected chi connectivity index (χ3v) is 7.49. The van der Waals surface area contributed by atoms with Gasteiger partial charge >= 0.3 is 6.09 Å². The molecule has 5 rings (SSSR count). The maximum Gasteiger partial charge on any atom is 0.413 e. The number of nitrogens with zero attached hydrogens (tertiary/aromatic N) is 2. The van der Waals surface area contributed by atoms with Crippen LogP contribution in [-0.2, 0) is 23.7 Å². The van der Waals surface area contributed by atoms with E-state index in [-0.39, 0.29) is 25.1 Å². The van der Waals surface area contributed by atoms with Crippen molar-refractivity contribution >= 4 is 47.2 Å². The number of H-pyrrole nitrogens is 1. The average Bonchev–Trinajstić information content (AvgIpc) is 3.60. The summed E-state index contributed by atoms with van der Waals surface area (Å²) in [5, 5.41) is 21.5. The molecule has 3 heterocycles. The number of amides is 1. The van der Waals surface area contributed by atoms with Crippen molar-refractivity contribution in [1.82, 2.24) is 14.9 Å². The number of anilines is 1. The van der Waals surface area contributed by atoms with Crippen molar-refractivity contribution in [3.63, 3.8) is 0 Å². The molecule has 2 fully saturated rings. The number of halogens is 1. The number of fused-ring (bicyclic) bond motifs is 2. The summed E-state index contributed by atoms with van der Waals surface area (Å²) >= 11 is 1.67. The third-order valence-electron chi connectivity index (χ3n) is 6.49. The molecule has 1 amide bonds. The van der Waals surface area contributed by atoms with Gasteiger partial charge in [-0.2, -0.15) is 0 Å². The fraction of sp³-hybridized carbons (Fsp3) is 0.517. The summed E-state index contributed by atoms with van der Waals surface area (Å²) < 4.78 is 27.5. The molecule has 2 aromatic carbocycles. The highest BCUT2D eigenvalue weighted by Crippen LogP contribution is 2.39. The molecule has 1 aromatic heterocycles. The molecule has 5 atom stereocenters. The smallest absolute Gasteiger partial charge is 0.413 e. The number of aliphatic hydroxyl groups is 2. The van der Waals surface area contributed by atoms with Gasteiger partial charge in [0.05, 0.1) is 24.8 Å². The molecule has 2 aliphatic rings. The van der Waals surface area contributed by atoms with Crippen LogP contribution in [0.15, 0.2) is 58.3 Å². The number of carbonyl (C=O) groups is 1. The van der Waals surface area contributed by atoms with E-state index in [1.165, 1.54) is 12.0 Å². The van der Waals surface area contributed by atoms with Crippen LogP contribution in [0.25, 0.3) is 11.0 Å². The molecule has 5 unspecified atom stereocenters. The Bertz CT molecular complexity index is 1300. The SMILES string of the molecule is CN(C)CCCOC1C(C(O)CO)OC2OC(C)(C)OC21.COC(=O)Nc1nc2ccc(Sc3ccccc3)cc2[nH]1.Cl. The Kier molecular flexibility index (Phi) is 13.1. The lowest BCUT2D eigenvalue weighted by atomic mass is 10.1. The molecule has 0 radical (unpaired) electrons. The topological polar surface area (TPSA) is 148 Å². The maximum absolute atomic E-state index is 11.2. The maximum atomic E-state index is 11.2. The minimum atomic E-state index is -1.01. The molecule has 12 nitrogen and oxygen atoms in total.